The number of benzene rings is 2. The fourth-order valence-electron chi connectivity index (χ4n) is 3.19. The van der Waals surface area contributed by atoms with Crippen LogP contribution in [0.5, 0.6) is 0 Å². The molecule has 2 aromatic carbocycles. The molecule has 1 heterocycles. The van der Waals surface area contributed by atoms with Gasteiger partial charge in [0, 0.05) is 24.3 Å². The Balaban J connectivity index is 1.59. The molecule has 1 fully saturated rings. The summed E-state index contributed by atoms with van der Waals surface area (Å²) in [5.41, 5.74) is 2.90. The number of hydrogen-bond acceptors (Lipinski definition) is 4. The molecule has 29 heavy (non-hydrogen) atoms. The minimum atomic E-state index is -0.418. The third-order valence-corrected chi connectivity index (χ3v) is 4.75. The number of nitrogens with zero attached hydrogens (tertiary/aromatic N) is 1. The van der Waals surface area contributed by atoms with Crippen molar-refractivity contribution >= 4 is 29.2 Å². The van der Waals surface area contributed by atoms with E-state index in [4.69, 9.17) is 4.74 Å². The summed E-state index contributed by atoms with van der Waals surface area (Å²) in [6.07, 6.45) is 0.180. The summed E-state index contributed by atoms with van der Waals surface area (Å²) < 4.78 is 5.20. The van der Waals surface area contributed by atoms with Crippen molar-refractivity contribution < 1.29 is 19.1 Å². The van der Waals surface area contributed by atoms with Crippen LogP contribution in [0.1, 0.15) is 36.2 Å². The Labute approximate surface area is 170 Å². The molecular weight excluding hydrogens is 368 g/mol. The van der Waals surface area contributed by atoms with Crippen molar-refractivity contribution in [1.82, 2.24) is 0 Å². The predicted octanol–water partition coefficient (Wildman–Crippen LogP) is 3.80. The number of nitrogens with one attached hydrogen (secondary N) is 1. The minimum absolute atomic E-state index is 0.0565. The number of aryl methyl sites for hydroxylation is 1. The summed E-state index contributed by atoms with van der Waals surface area (Å²) in [6.45, 7) is 6.63. The Morgan fingerprint density at radius 3 is 2.55 bits per heavy atom. The minimum Gasteiger partial charge on any atom is -0.462 e. The predicted molar refractivity (Wildman–Crippen MR) is 112 cm³/mol. The molecular formula is C23H26N2O4. The van der Waals surface area contributed by atoms with Crippen LogP contribution < -0.4 is 10.2 Å². The van der Waals surface area contributed by atoms with Crippen molar-refractivity contribution in [1.29, 1.82) is 0 Å². The van der Waals surface area contributed by atoms with E-state index in [1.54, 1.807) is 29.2 Å². The molecule has 2 amide bonds. The summed E-state index contributed by atoms with van der Waals surface area (Å²) in [4.78, 5) is 38.6. The summed E-state index contributed by atoms with van der Waals surface area (Å²) in [7, 11) is 0. The van der Waals surface area contributed by atoms with Crippen molar-refractivity contribution in [2.45, 2.75) is 27.2 Å². The first-order valence-electron chi connectivity index (χ1n) is 9.78. The van der Waals surface area contributed by atoms with Crippen molar-refractivity contribution in [2.24, 2.45) is 11.8 Å². The molecule has 0 aliphatic carbocycles. The fourth-order valence-corrected chi connectivity index (χ4v) is 3.19. The van der Waals surface area contributed by atoms with Crippen LogP contribution in [0.25, 0.3) is 0 Å². The van der Waals surface area contributed by atoms with E-state index >= 15 is 0 Å². The van der Waals surface area contributed by atoms with E-state index in [-0.39, 0.29) is 30.1 Å². The topological polar surface area (TPSA) is 75.7 Å². The molecule has 0 radical (unpaired) electrons. The van der Waals surface area contributed by atoms with Crippen LogP contribution in [-0.4, -0.2) is 30.9 Å². The van der Waals surface area contributed by atoms with Crippen LogP contribution in [0, 0.1) is 18.8 Å². The van der Waals surface area contributed by atoms with Gasteiger partial charge in [-0.15, -0.1) is 0 Å². The fraction of sp³-hybridized carbons (Fsp3) is 0.348. The molecule has 1 atom stereocenters. The second-order valence-corrected chi connectivity index (χ2v) is 7.80. The van der Waals surface area contributed by atoms with Gasteiger partial charge >= 0.3 is 5.97 Å². The lowest BCUT2D eigenvalue weighted by Crippen LogP contribution is -2.28. The number of esters is 1. The van der Waals surface area contributed by atoms with Crippen LogP contribution in [0.15, 0.2) is 48.5 Å². The van der Waals surface area contributed by atoms with Gasteiger partial charge in [0.1, 0.15) is 0 Å². The van der Waals surface area contributed by atoms with Gasteiger partial charge in [-0.05, 0) is 54.8 Å². The van der Waals surface area contributed by atoms with Gasteiger partial charge in [0.25, 0.3) is 0 Å². The van der Waals surface area contributed by atoms with E-state index in [1.165, 1.54) is 0 Å². The Morgan fingerprint density at radius 1 is 1.17 bits per heavy atom. The molecule has 1 aliphatic rings. The normalized spacial score (nSPS) is 16.2. The first kappa shape index (κ1) is 20.6. The second kappa shape index (κ2) is 8.90. The Kier molecular flexibility index (Phi) is 6.32. The number of rotatable bonds is 6. The number of hydrogen-bond donors (Lipinski definition) is 1. The molecule has 0 aromatic heterocycles. The molecule has 0 unspecified atom stereocenters. The Bertz CT molecular complexity index is 905. The van der Waals surface area contributed by atoms with Crippen LogP contribution in [0.2, 0.25) is 0 Å². The van der Waals surface area contributed by atoms with Crippen LogP contribution in [0.4, 0.5) is 11.4 Å². The van der Waals surface area contributed by atoms with E-state index in [2.05, 4.69) is 5.32 Å². The summed E-state index contributed by atoms with van der Waals surface area (Å²) >= 11 is 0. The zero-order valence-corrected chi connectivity index (χ0v) is 17.0. The maximum atomic E-state index is 12.6. The van der Waals surface area contributed by atoms with Crippen LogP contribution >= 0.6 is 0 Å². The lowest BCUT2D eigenvalue weighted by molar-refractivity contribution is -0.122. The molecule has 2 aromatic rings. The first-order chi connectivity index (χ1) is 13.8. The maximum absolute atomic E-state index is 12.6. The highest BCUT2D eigenvalue weighted by Gasteiger charge is 2.35. The van der Waals surface area contributed by atoms with Crippen molar-refractivity contribution in [3.05, 3.63) is 59.7 Å². The zero-order valence-electron chi connectivity index (χ0n) is 17.0. The third kappa shape index (κ3) is 5.22. The standard InChI is InChI=1S/C23H26N2O4/c1-15(2)14-29-23(28)17-7-9-19(10-8-17)24-22(27)18-12-21(26)25(13-18)20-6-4-5-16(3)11-20/h4-11,15,18H,12-14H2,1-3H3,(H,24,27)/t18-/m0/s1. The van der Waals surface area contributed by atoms with Gasteiger partial charge in [-0.1, -0.05) is 26.0 Å². The van der Waals surface area contributed by atoms with Crippen molar-refractivity contribution in [2.75, 3.05) is 23.4 Å². The number of anilines is 2. The van der Waals surface area contributed by atoms with E-state index in [9.17, 15) is 14.4 Å². The molecule has 3 rings (SSSR count). The van der Waals surface area contributed by atoms with Gasteiger partial charge in [0.05, 0.1) is 18.1 Å². The molecule has 1 N–H and O–H groups in total. The lowest BCUT2D eigenvalue weighted by Gasteiger charge is -2.17. The number of carbonyl (C=O) groups excluding carboxylic acids is 3. The maximum Gasteiger partial charge on any atom is 0.338 e. The lowest BCUT2D eigenvalue weighted by atomic mass is 10.1. The van der Waals surface area contributed by atoms with Gasteiger partial charge in [-0.3, -0.25) is 9.59 Å². The van der Waals surface area contributed by atoms with Crippen LogP contribution in [-0.2, 0) is 14.3 Å². The average molecular weight is 394 g/mol. The van der Waals surface area contributed by atoms with Gasteiger partial charge in [-0.25, -0.2) is 4.79 Å². The number of ether oxygens (including phenoxy) is 1. The molecule has 0 bridgehead atoms. The molecule has 152 valence electrons. The smallest absolute Gasteiger partial charge is 0.338 e. The summed E-state index contributed by atoms with van der Waals surface area (Å²) in [6, 6.07) is 14.3. The van der Waals surface area contributed by atoms with Gasteiger partial charge in [-0.2, -0.15) is 0 Å². The highest BCUT2D eigenvalue weighted by atomic mass is 16.5. The second-order valence-electron chi connectivity index (χ2n) is 7.80. The van der Waals surface area contributed by atoms with E-state index in [0.717, 1.165) is 11.3 Å². The molecule has 1 aliphatic heterocycles. The van der Waals surface area contributed by atoms with Crippen LogP contribution in [0.3, 0.4) is 0 Å². The Hall–Kier alpha value is -3.15. The monoisotopic (exact) mass is 394 g/mol. The van der Waals surface area contributed by atoms with E-state index < -0.39 is 5.92 Å². The summed E-state index contributed by atoms with van der Waals surface area (Å²) in [5.74, 6) is -0.793. The average Bonchev–Trinajstić information content (AvgIpc) is 3.08. The number of amides is 2. The van der Waals surface area contributed by atoms with Gasteiger partial charge in [0.2, 0.25) is 11.8 Å². The molecule has 0 spiro atoms. The molecule has 0 saturated carbocycles. The van der Waals surface area contributed by atoms with Crippen molar-refractivity contribution in [3.63, 3.8) is 0 Å². The summed E-state index contributed by atoms with van der Waals surface area (Å²) in [5, 5.41) is 2.83. The zero-order chi connectivity index (χ0) is 21.0. The van der Waals surface area contributed by atoms with E-state index in [0.29, 0.717) is 24.4 Å². The van der Waals surface area contributed by atoms with Gasteiger partial charge < -0.3 is 15.0 Å². The first-order valence-corrected chi connectivity index (χ1v) is 9.78. The SMILES string of the molecule is Cc1cccc(N2C[C@@H](C(=O)Nc3ccc(C(=O)OCC(C)C)cc3)CC2=O)c1. The quantitative estimate of drug-likeness (QED) is 0.756. The molecule has 6 heteroatoms. The molecule has 6 nitrogen and oxygen atoms in total. The Morgan fingerprint density at radius 2 is 1.90 bits per heavy atom. The largest absolute Gasteiger partial charge is 0.462 e. The van der Waals surface area contributed by atoms with E-state index in [1.807, 2.05) is 45.0 Å². The van der Waals surface area contributed by atoms with Crippen molar-refractivity contribution in [3.8, 4) is 0 Å². The highest BCUT2D eigenvalue weighted by Crippen LogP contribution is 2.26. The van der Waals surface area contributed by atoms with Gasteiger partial charge in [0.15, 0.2) is 0 Å². The highest BCUT2D eigenvalue weighted by molar-refractivity contribution is 6.03. The number of carbonyl (C=O) groups is 3. The third-order valence-electron chi connectivity index (χ3n) is 4.75. The molecule has 1 saturated heterocycles.